The highest BCUT2D eigenvalue weighted by Gasteiger charge is 2.57. The second-order valence-electron chi connectivity index (χ2n) is 9.62. The van der Waals surface area contributed by atoms with E-state index in [1.165, 1.54) is 17.0 Å². The van der Waals surface area contributed by atoms with Crippen LogP contribution in [0.25, 0.3) is 0 Å². The maximum Gasteiger partial charge on any atom is 0.241 e. The number of imide groups is 1. The van der Waals surface area contributed by atoms with Gasteiger partial charge in [-0.2, -0.15) is 0 Å². The van der Waals surface area contributed by atoms with Crippen molar-refractivity contribution in [2.45, 2.75) is 56.1 Å². The van der Waals surface area contributed by atoms with Crippen molar-refractivity contribution in [3.8, 4) is 11.5 Å². The molecule has 2 saturated heterocycles. The molecule has 5 rings (SSSR count). The minimum atomic E-state index is -1.19. The number of carbonyl (C=O) groups excluding carboxylic acids is 3. The number of halogens is 1. The minimum absolute atomic E-state index is 0.00451. The number of carbonyl (C=O) groups is 3. The van der Waals surface area contributed by atoms with E-state index in [0.717, 1.165) is 12.8 Å². The maximum absolute atomic E-state index is 13.6. The molecule has 0 N–H and O–H groups in total. The van der Waals surface area contributed by atoms with Crippen LogP contribution in [0.5, 0.6) is 11.5 Å². The first-order valence-electron chi connectivity index (χ1n) is 12.1. The third-order valence-corrected chi connectivity index (χ3v) is 7.27. The first-order chi connectivity index (χ1) is 16.9. The van der Waals surface area contributed by atoms with E-state index in [1.807, 2.05) is 0 Å². The molecule has 3 fully saturated rings. The maximum atomic E-state index is 13.6. The van der Waals surface area contributed by atoms with Gasteiger partial charge in [0.2, 0.25) is 17.7 Å². The third kappa shape index (κ3) is 4.61. The molecule has 7 nitrogen and oxygen atoms in total. The van der Waals surface area contributed by atoms with Gasteiger partial charge in [-0.15, -0.1) is 0 Å². The quantitative estimate of drug-likeness (QED) is 0.568. The number of nitrogens with zero attached hydrogens (tertiary/aromatic N) is 2. The lowest BCUT2D eigenvalue weighted by Gasteiger charge is -2.35. The summed E-state index contributed by atoms with van der Waals surface area (Å²) >= 11 is 0. The van der Waals surface area contributed by atoms with Crippen LogP contribution in [0.3, 0.4) is 0 Å². The molecule has 2 aliphatic heterocycles. The Bertz CT molecular complexity index is 1110. The first kappa shape index (κ1) is 23.3. The largest absolute Gasteiger partial charge is 0.497 e. The molecule has 3 aliphatic rings. The van der Waals surface area contributed by atoms with Crippen molar-refractivity contribution in [2.75, 3.05) is 20.2 Å². The molecule has 1 saturated carbocycles. The lowest BCUT2D eigenvalue weighted by Crippen LogP contribution is -2.47. The van der Waals surface area contributed by atoms with Gasteiger partial charge in [0.05, 0.1) is 12.5 Å². The SMILES string of the molecule is COc1ccc(C2(CC(=O)N3CCC(Oc4ccc(F)cc4)CC3)CC(=O)N(C3CC3)C2=O)cc1. The summed E-state index contributed by atoms with van der Waals surface area (Å²) in [5.41, 5.74) is -0.521. The minimum Gasteiger partial charge on any atom is -0.497 e. The Kier molecular flexibility index (Phi) is 6.21. The predicted octanol–water partition coefficient (Wildman–Crippen LogP) is 3.45. The molecule has 8 heteroatoms. The molecule has 1 aliphatic carbocycles. The van der Waals surface area contributed by atoms with Crippen molar-refractivity contribution in [1.82, 2.24) is 9.80 Å². The second-order valence-corrected chi connectivity index (χ2v) is 9.62. The Morgan fingerprint density at radius 2 is 1.60 bits per heavy atom. The van der Waals surface area contributed by atoms with Gasteiger partial charge in [-0.05, 0) is 54.8 Å². The van der Waals surface area contributed by atoms with E-state index in [1.54, 1.807) is 48.4 Å². The smallest absolute Gasteiger partial charge is 0.241 e. The van der Waals surface area contributed by atoms with Crippen LogP contribution in [-0.2, 0) is 19.8 Å². The van der Waals surface area contributed by atoms with Gasteiger partial charge in [-0.3, -0.25) is 19.3 Å². The molecule has 2 heterocycles. The van der Waals surface area contributed by atoms with E-state index in [0.29, 0.717) is 43.0 Å². The molecule has 0 spiro atoms. The lowest BCUT2D eigenvalue weighted by atomic mass is 9.75. The topological polar surface area (TPSA) is 76.2 Å². The van der Waals surface area contributed by atoms with Gasteiger partial charge in [0.25, 0.3) is 0 Å². The normalized spacial score (nSPS) is 23.0. The Morgan fingerprint density at radius 1 is 0.971 bits per heavy atom. The van der Waals surface area contributed by atoms with Crippen LogP contribution in [0.4, 0.5) is 4.39 Å². The summed E-state index contributed by atoms with van der Waals surface area (Å²) in [4.78, 5) is 43.1. The van der Waals surface area contributed by atoms with Crippen LogP contribution in [0.15, 0.2) is 48.5 Å². The fourth-order valence-electron chi connectivity index (χ4n) is 5.14. The van der Waals surface area contributed by atoms with Crippen molar-refractivity contribution >= 4 is 17.7 Å². The van der Waals surface area contributed by atoms with Gasteiger partial charge < -0.3 is 14.4 Å². The van der Waals surface area contributed by atoms with Crippen LogP contribution in [-0.4, -0.2) is 59.9 Å². The van der Waals surface area contributed by atoms with Gasteiger partial charge in [-0.25, -0.2) is 4.39 Å². The first-order valence-corrected chi connectivity index (χ1v) is 12.1. The number of amides is 3. The number of rotatable bonds is 7. The van der Waals surface area contributed by atoms with Crippen molar-refractivity contribution in [1.29, 1.82) is 0 Å². The summed E-state index contributed by atoms with van der Waals surface area (Å²) in [6, 6.07) is 13.0. The molecule has 0 aromatic heterocycles. The molecule has 2 aromatic rings. The average Bonchev–Trinajstić information content (AvgIpc) is 3.67. The number of piperidine rings is 1. The fourth-order valence-corrected chi connectivity index (χ4v) is 5.14. The molecule has 184 valence electrons. The standard InChI is InChI=1S/C27H29FN2O5/c1-34-21-8-2-18(3-9-21)27(17-25(32)30(26(27)33)20-6-7-20)16-24(31)29-14-12-23(13-15-29)35-22-10-4-19(28)5-11-22/h2-5,8-11,20,23H,6-7,12-17H2,1H3. The molecular formula is C27H29FN2O5. The molecule has 35 heavy (non-hydrogen) atoms. The summed E-state index contributed by atoms with van der Waals surface area (Å²) in [6.07, 6.45) is 2.82. The summed E-state index contributed by atoms with van der Waals surface area (Å²) < 4.78 is 24.3. The van der Waals surface area contributed by atoms with E-state index in [-0.39, 0.29) is 48.5 Å². The van der Waals surface area contributed by atoms with Gasteiger partial charge in [0.15, 0.2) is 0 Å². The highest BCUT2D eigenvalue weighted by molar-refractivity contribution is 6.11. The molecule has 0 radical (unpaired) electrons. The lowest BCUT2D eigenvalue weighted by molar-refractivity contribution is -0.143. The summed E-state index contributed by atoms with van der Waals surface area (Å²) in [5.74, 6) is 0.327. The van der Waals surface area contributed by atoms with Crippen LogP contribution < -0.4 is 9.47 Å². The zero-order chi connectivity index (χ0) is 24.6. The van der Waals surface area contributed by atoms with Crippen LogP contribution in [0, 0.1) is 5.82 Å². The van der Waals surface area contributed by atoms with E-state index in [4.69, 9.17) is 9.47 Å². The number of ether oxygens (including phenoxy) is 2. The molecule has 3 amide bonds. The van der Waals surface area contributed by atoms with Crippen molar-refractivity contribution in [3.05, 3.63) is 59.9 Å². The summed E-state index contributed by atoms with van der Waals surface area (Å²) in [6.45, 7) is 0.996. The number of likely N-dealkylation sites (tertiary alicyclic amines) is 2. The van der Waals surface area contributed by atoms with Gasteiger partial charge in [0.1, 0.15) is 23.4 Å². The Labute approximate surface area is 203 Å². The summed E-state index contributed by atoms with van der Waals surface area (Å²) in [5, 5.41) is 0. The van der Waals surface area contributed by atoms with Crippen LogP contribution in [0.2, 0.25) is 0 Å². The highest BCUT2D eigenvalue weighted by atomic mass is 19.1. The van der Waals surface area contributed by atoms with Crippen LogP contribution >= 0.6 is 0 Å². The molecule has 1 atom stereocenters. The fraction of sp³-hybridized carbons (Fsp3) is 0.444. The Balaban J connectivity index is 1.29. The number of methoxy groups -OCH3 is 1. The monoisotopic (exact) mass is 480 g/mol. The zero-order valence-electron chi connectivity index (χ0n) is 19.7. The van der Waals surface area contributed by atoms with Gasteiger partial charge >= 0.3 is 0 Å². The van der Waals surface area contributed by atoms with Crippen LogP contribution in [0.1, 0.15) is 44.1 Å². The van der Waals surface area contributed by atoms with E-state index < -0.39 is 5.41 Å². The molecule has 0 bridgehead atoms. The Morgan fingerprint density at radius 3 is 2.20 bits per heavy atom. The van der Waals surface area contributed by atoms with Gasteiger partial charge in [-0.1, -0.05) is 12.1 Å². The van der Waals surface area contributed by atoms with E-state index in [9.17, 15) is 18.8 Å². The predicted molar refractivity (Wildman–Crippen MR) is 125 cm³/mol. The van der Waals surface area contributed by atoms with E-state index >= 15 is 0 Å². The number of benzene rings is 2. The zero-order valence-corrected chi connectivity index (χ0v) is 19.7. The molecule has 1 unspecified atom stereocenters. The Hall–Kier alpha value is -3.42. The van der Waals surface area contributed by atoms with E-state index in [2.05, 4.69) is 0 Å². The number of hydrogen-bond acceptors (Lipinski definition) is 5. The summed E-state index contributed by atoms with van der Waals surface area (Å²) in [7, 11) is 1.57. The molecular weight excluding hydrogens is 451 g/mol. The third-order valence-electron chi connectivity index (χ3n) is 7.27. The van der Waals surface area contributed by atoms with Gasteiger partial charge in [0, 0.05) is 44.8 Å². The molecule has 2 aromatic carbocycles. The highest BCUT2D eigenvalue weighted by Crippen LogP contribution is 2.45. The number of hydrogen-bond donors (Lipinski definition) is 0. The average molecular weight is 481 g/mol. The second kappa shape index (κ2) is 9.32. The van der Waals surface area contributed by atoms with Crippen molar-refractivity contribution in [3.63, 3.8) is 0 Å². The van der Waals surface area contributed by atoms with Crippen molar-refractivity contribution in [2.24, 2.45) is 0 Å². The van der Waals surface area contributed by atoms with Crippen molar-refractivity contribution < 1.29 is 28.2 Å².